The Morgan fingerprint density at radius 3 is 2.54 bits per heavy atom. The van der Waals surface area contributed by atoms with Crippen LogP contribution in [0.3, 0.4) is 0 Å². The average Bonchev–Trinajstić information content (AvgIpc) is 3.14. The molecular formula is C21H21N5O2. The van der Waals surface area contributed by atoms with Crippen LogP contribution in [0.4, 0.5) is 5.69 Å². The minimum Gasteiger partial charge on any atom is -0.497 e. The topological polar surface area (TPSA) is 84.3 Å². The van der Waals surface area contributed by atoms with Gasteiger partial charge in [0, 0.05) is 17.7 Å². The lowest BCUT2D eigenvalue weighted by molar-refractivity contribution is 0.415. The van der Waals surface area contributed by atoms with E-state index < -0.39 is 0 Å². The second-order valence-corrected chi connectivity index (χ2v) is 6.53. The summed E-state index contributed by atoms with van der Waals surface area (Å²) < 4.78 is 6.57. The summed E-state index contributed by atoms with van der Waals surface area (Å²) in [5.41, 5.74) is 3.26. The number of hydrogen-bond acceptors (Lipinski definition) is 5. The van der Waals surface area contributed by atoms with Crippen molar-refractivity contribution in [3.63, 3.8) is 0 Å². The number of aromatic nitrogens is 4. The molecule has 0 aliphatic heterocycles. The van der Waals surface area contributed by atoms with Gasteiger partial charge in [-0.25, -0.2) is 4.98 Å². The lowest BCUT2D eigenvalue weighted by Crippen LogP contribution is -2.22. The first-order chi connectivity index (χ1) is 13.6. The van der Waals surface area contributed by atoms with Gasteiger partial charge in [0.05, 0.1) is 19.3 Å². The van der Waals surface area contributed by atoms with Crippen LogP contribution >= 0.6 is 0 Å². The number of aryl methyl sites for hydroxylation is 1. The van der Waals surface area contributed by atoms with Gasteiger partial charge < -0.3 is 10.1 Å². The van der Waals surface area contributed by atoms with E-state index in [1.54, 1.807) is 7.11 Å². The molecule has 0 aliphatic carbocycles. The molecule has 28 heavy (non-hydrogen) atoms. The number of hydrogen-bond donors (Lipinski definition) is 2. The molecule has 7 heteroatoms. The molecular weight excluding hydrogens is 354 g/mol. The Bertz CT molecular complexity index is 1150. The van der Waals surface area contributed by atoms with Crippen LogP contribution in [-0.2, 0) is 13.0 Å². The number of H-pyrrole nitrogens is 1. The first kappa shape index (κ1) is 17.8. The molecule has 4 aromatic rings. The predicted octanol–water partition coefficient (Wildman–Crippen LogP) is 2.94. The number of nitrogens with one attached hydrogen (secondary N) is 2. The van der Waals surface area contributed by atoms with E-state index in [1.807, 2.05) is 61.5 Å². The van der Waals surface area contributed by atoms with E-state index in [4.69, 9.17) is 4.74 Å². The molecule has 7 nitrogen and oxygen atoms in total. The van der Waals surface area contributed by atoms with Crippen molar-refractivity contribution in [1.82, 2.24) is 19.6 Å². The highest BCUT2D eigenvalue weighted by atomic mass is 16.5. The summed E-state index contributed by atoms with van der Waals surface area (Å²) in [4.78, 5) is 21.9. The first-order valence-corrected chi connectivity index (χ1v) is 9.03. The zero-order chi connectivity index (χ0) is 19.5. The number of rotatable bonds is 6. The average molecular weight is 375 g/mol. The highest BCUT2D eigenvalue weighted by Crippen LogP contribution is 2.15. The maximum absolute atomic E-state index is 12.9. The fraction of sp³-hybridized carbons (Fsp3) is 0.190. The molecule has 142 valence electrons. The zero-order valence-corrected chi connectivity index (χ0v) is 15.8. The van der Waals surface area contributed by atoms with E-state index in [-0.39, 0.29) is 5.56 Å². The van der Waals surface area contributed by atoms with Crippen LogP contribution < -0.4 is 15.6 Å². The van der Waals surface area contributed by atoms with E-state index in [0.29, 0.717) is 35.8 Å². The van der Waals surface area contributed by atoms with Crippen LogP contribution in [0.25, 0.3) is 5.78 Å². The summed E-state index contributed by atoms with van der Waals surface area (Å²) in [6.45, 7) is 2.30. The highest BCUT2D eigenvalue weighted by molar-refractivity contribution is 5.46. The van der Waals surface area contributed by atoms with Crippen molar-refractivity contribution >= 4 is 11.5 Å². The van der Waals surface area contributed by atoms with Crippen LogP contribution in [0.1, 0.15) is 22.6 Å². The molecule has 2 N–H and O–H groups in total. The molecule has 0 radical (unpaired) electrons. The lowest BCUT2D eigenvalue weighted by atomic mass is 10.1. The highest BCUT2D eigenvalue weighted by Gasteiger charge is 2.13. The third-order valence-electron chi connectivity index (χ3n) is 4.62. The molecule has 0 saturated carbocycles. The zero-order valence-electron chi connectivity index (χ0n) is 15.8. The molecule has 0 atom stereocenters. The molecule has 0 bridgehead atoms. The number of benzene rings is 2. The van der Waals surface area contributed by atoms with Crippen LogP contribution in [0, 0.1) is 6.92 Å². The number of fused-ring (bicyclic) bond motifs is 1. The van der Waals surface area contributed by atoms with Gasteiger partial charge >= 0.3 is 0 Å². The van der Waals surface area contributed by atoms with Crippen molar-refractivity contribution in [3.8, 4) is 5.75 Å². The van der Waals surface area contributed by atoms with Crippen molar-refractivity contribution < 1.29 is 4.74 Å². The molecule has 2 aromatic carbocycles. The monoisotopic (exact) mass is 375 g/mol. The van der Waals surface area contributed by atoms with E-state index >= 15 is 0 Å². The van der Waals surface area contributed by atoms with E-state index in [1.165, 1.54) is 4.52 Å². The molecule has 0 fully saturated rings. The van der Waals surface area contributed by atoms with Gasteiger partial charge in [0.2, 0.25) is 0 Å². The van der Waals surface area contributed by atoms with Gasteiger partial charge in [-0.3, -0.25) is 9.89 Å². The molecule has 0 amide bonds. The molecule has 2 heterocycles. The van der Waals surface area contributed by atoms with Crippen LogP contribution in [0.15, 0.2) is 59.4 Å². The van der Waals surface area contributed by atoms with Crippen molar-refractivity contribution in [3.05, 3.63) is 87.6 Å². The Hall–Kier alpha value is -3.61. The maximum atomic E-state index is 12.9. The number of ether oxygens (including phenoxy) is 1. The first-order valence-electron chi connectivity index (χ1n) is 9.03. The summed E-state index contributed by atoms with van der Waals surface area (Å²) in [6.07, 6.45) is 0.542. The summed E-state index contributed by atoms with van der Waals surface area (Å²) in [7, 11) is 1.63. The number of aromatic amines is 1. The molecule has 0 saturated heterocycles. The van der Waals surface area contributed by atoms with Gasteiger partial charge in [-0.15, -0.1) is 0 Å². The van der Waals surface area contributed by atoms with Gasteiger partial charge in [0.25, 0.3) is 11.3 Å². The lowest BCUT2D eigenvalue weighted by Gasteiger charge is -2.05. The smallest absolute Gasteiger partial charge is 0.277 e. The molecule has 0 unspecified atom stereocenters. The minimum absolute atomic E-state index is 0.116. The largest absolute Gasteiger partial charge is 0.497 e. The van der Waals surface area contributed by atoms with Crippen LogP contribution in [0.5, 0.6) is 5.75 Å². The second kappa shape index (κ2) is 7.56. The van der Waals surface area contributed by atoms with E-state index in [0.717, 1.165) is 17.0 Å². The third-order valence-corrected chi connectivity index (χ3v) is 4.62. The van der Waals surface area contributed by atoms with Crippen LogP contribution in [-0.4, -0.2) is 26.7 Å². The summed E-state index contributed by atoms with van der Waals surface area (Å²) in [6, 6.07) is 17.5. The normalized spacial score (nSPS) is 10.9. The Balaban J connectivity index is 1.58. The van der Waals surface area contributed by atoms with Gasteiger partial charge in [0.1, 0.15) is 11.6 Å². The fourth-order valence-electron chi connectivity index (χ4n) is 3.08. The standard InChI is InChI=1S/C21H21N5O2/c1-14-18(12-15-6-4-3-5-7-15)20(27)26-21(23-14)24-19(25-26)13-22-16-8-10-17(28-2)11-9-16/h3-11,22H,12-13H2,1-2H3,(H,23,24,25). The quantitative estimate of drug-likeness (QED) is 0.541. The third kappa shape index (κ3) is 3.59. The van der Waals surface area contributed by atoms with Crippen molar-refractivity contribution in [1.29, 1.82) is 0 Å². The summed E-state index contributed by atoms with van der Waals surface area (Å²) in [5, 5.41) is 6.32. The van der Waals surface area contributed by atoms with E-state index in [2.05, 4.69) is 20.4 Å². The molecule has 0 aliphatic rings. The Morgan fingerprint density at radius 2 is 1.82 bits per heavy atom. The van der Waals surface area contributed by atoms with Crippen LogP contribution in [0.2, 0.25) is 0 Å². The van der Waals surface area contributed by atoms with Gasteiger partial charge in [-0.05, 0) is 36.8 Å². The Morgan fingerprint density at radius 1 is 1.07 bits per heavy atom. The second-order valence-electron chi connectivity index (χ2n) is 6.53. The number of anilines is 1. The Kier molecular flexibility index (Phi) is 4.80. The van der Waals surface area contributed by atoms with Gasteiger partial charge in [-0.2, -0.15) is 9.50 Å². The van der Waals surface area contributed by atoms with Crippen molar-refractivity contribution in [2.45, 2.75) is 19.9 Å². The molecule has 0 spiro atoms. The minimum atomic E-state index is -0.116. The van der Waals surface area contributed by atoms with Crippen molar-refractivity contribution in [2.75, 3.05) is 12.4 Å². The number of methoxy groups -OCH3 is 1. The SMILES string of the molecule is COc1ccc(NCc2nc3nc(C)c(Cc4ccccc4)c(=O)n3[nH]2)cc1. The summed E-state index contributed by atoms with van der Waals surface area (Å²) >= 11 is 0. The Labute approximate surface area is 162 Å². The molecule has 2 aromatic heterocycles. The van der Waals surface area contributed by atoms with Gasteiger partial charge in [-0.1, -0.05) is 30.3 Å². The maximum Gasteiger partial charge on any atom is 0.277 e. The van der Waals surface area contributed by atoms with Crippen molar-refractivity contribution in [2.24, 2.45) is 0 Å². The predicted molar refractivity (Wildman–Crippen MR) is 108 cm³/mol. The van der Waals surface area contributed by atoms with Gasteiger partial charge in [0.15, 0.2) is 0 Å². The fourth-order valence-corrected chi connectivity index (χ4v) is 3.08. The van der Waals surface area contributed by atoms with E-state index in [9.17, 15) is 4.79 Å². The molecule has 4 rings (SSSR count). The summed E-state index contributed by atoms with van der Waals surface area (Å²) in [5.74, 6) is 1.81. The number of nitrogens with zero attached hydrogens (tertiary/aromatic N) is 3.